The predicted octanol–water partition coefficient (Wildman–Crippen LogP) is 5.03. The Morgan fingerprint density at radius 2 is 1.92 bits per heavy atom. The number of nitrogens with one attached hydrogen (secondary N) is 4. The molecule has 25 heavy (non-hydrogen) atoms. The number of halogens is 1. The Kier molecular flexibility index (Phi) is 7.04. The summed E-state index contributed by atoms with van der Waals surface area (Å²) in [5.74, 6) is -0.307. The number of aryl methyl sites for hydroxylation is 1. The third-order valence-corrected chi connectivity index (χ3v) is 3.69. The number of nitrogens with zero attached hydrogens (tertiary/aromatic N) is 1. The van der Waals surface area contributed by atoms with Crippen molar-refractivity contribution in [2.24, 2.45) is 5.11 Å². The van der Waals surface area contributed by atoms with Gasteiger partial charge in [-0.05, 0) is 49.7 Å². The molecule has 136 valence electrons. The first-order valence-electron chi connectivity index (χ1n) is 7.33. The molecule has 0 bridgehead atoms. The standard InChI is InChI=1S/C17H20N6O.HI.2H2/c1-9-6-15(21-3)16(23-20)8-12(9)17(24)22-11-4-5-14(19)13(7-11)10(2)18;;;/h4-8,18,20-21H,19H2,1-3H3,(H,22,24);3*1H. The van der Waals surface area contributed by atoms with Crippen LogP contribution in [0.15, 0.2) is 35.4 Å². The van der Waals surface area contributed by atoms with E-state index in [2.05, 4.69) is 15.7 Å². The molecule has 0 aromatic heterocycles. The first-order chi connectivity index (χ1) is 11.4. The van der Waals surface area contributed by atoms with Crippen LogP contribution in [0.25, 0.3) is 0 Å². The number of nitrogen functional groups attached to an aromatic ring is 1. The summed E-state index contributed by atoms with van der Waals surface area (Å²) in [6.07, 6.45) is 0. The summed E-state index contributed by atoms with van der Waals surface area (Å²) < 4.78 is 0. The van der Waals surface area contributed by atoms with Gasteiger partial charge >= 0.3 is 0 Å². The zero-order valence-corrected chi connectivity index (χ0v) is 16.6. The van der Waals surface area contributed by atoms with E-state index in [1.807, 2.05) is 6.92 Å². The number of amides is 1. The zero-order valence-electron chi connectivity index (χ0n) is 14.2. The zero-order chi connectivity index (χ0) is 17.9. The maximum Gasteiger partial charge on any atom is 0.256 e. The van der Waals surface area contributed by atoms with Crippen LogP contribution in [-0.4, -0.2) is 18.7 Å². The van der Waals surface area contributed by atoms with Gasteiger partial charge in [-0.1, -0.05) is 0 Å². The van der Waals surface area contributed by atoms with Gasteiger partial charge in [0.2, 0.25) is 0 Å². The second kappa shape index (κ2) is 8.56. The quantitative estimate of drug-likeness (QED) is 0.187. The molecule has 2 aromatic rings. The molecule has 2 aromatic carbocycles. The molecule has 0 radical (unpaired) electrons. The molecule has 2 rings (SSSR count). The van der Waals surface area contributed by atoms with Gasteiger partial charge in [0.05, 0.1) is 5.69 Å². The average molecular weight is 456 g/mol. The number of hydrogen-bond donors (Lipinski definition) is 5. The van der Waals surface area contributed by atoms with Gasteiger partial charge in [-0.2, -0.15) is 5.11 Å². The normalized spacial score (nSPS) is 9.72. The summed E-state index contributed by atoms with van der Waals surface area (Å²) in [6.45, 7) is 3.46. The maximum atomic E-state index is 12.5. The number of hydrogen-bond acceptors (Lipinski definition) is 6. The number of anilines is 3. The van der Waals surface area contributed by atoms with Crippen LogP contribution in [0.5, 0.6) is 0 Å². The molecule has 8 heteroatoms. The molecular weight excluding hydrogens is 431 g/mol. The summed E-state index contributed by atoms with van der Waals surface area (Å²) in [6, 6.07) is 8.36. The first-order valence-corrected chi connectivity index (χ1v) is 7.33. The highest BCUT2D eigenvalue weighted by Crippen LogP contribution is 2.29. The fourth-order valence-corrected chi connectivity index (χ4v) is 2.39. The molecular formula is C17H25IN6O. The summed E-state index contributed by atoms with van der Waals surface area (Å²) >= 11 is 0. The number of carbonyl (C=O) groups excluding carboxylic acids is 1. The van der Waals surface area contributed by atoms with E-state index in [1.54, 1.807) is 44.3 Å². The summed E-state index contributed by atoms with van der Waals surface area (Å²) in [7, 11) is 1.73. The number of carbonyl (C=O) groups is 1. The van der Waals surface area contributed by atoms with Crippen molar-refractivity contribution in [2.45, 2.75) is 13.8 Å². The fraction of sp³-hybridized carbons (Fsp3) is 0.176. The number of nitrogens with two attached hydrogens (primary N) is 1. The van der Waals surface area contributed by atoms with Crippen LogP contribution in [0.1, 0.15) is 31.3 Å². The number of rotatable bonds is 5. The summed E-state index contributed by atoms with van der Waals surface area (Å²) in [4.78, 5) is 12.5. The van der Waals surface area contributed by atoms with Crippen LogP contribution in [0.2, 0.25) is 0 Å². The van der Waals surface area contributed by atoms with Crippen molar-refractivity contribution in [3.8, 4) is 0 Å². The smallest absolute Gasteiger partial charge is 0.256 e. The minimum absolute atomic E-state index is 0. The summed E-state index contributed by atoms with van der Waals surface area (Å²) in [5, 5.41) is 16.9. The molecule has 0 aliphatic carbocycles. The monoisotopic (exact) mass is 456 g/mol. The SMILES string of the molecule is CNc1cc(C)c(C(=O)Nc2ccc(N)c(C(C)=N)c2)cc1N=N.I.[HH].[HH]. The van der Waals surface area contributed by atoms with Crippen LogP contribution in [0.4, 0.5) is 22.7 Å². The van der Waals surface area contributed by atoms with Gasteiger partial charge in [0.1, 0.15) is 5.69 Å². The molecule has 7 nitrogen and oxygen atoms in total. The lowest BCUT2D eigenvalue weighted by atomic mass is 10.0. The van der Waals surface area contributed by atoms with Crippen molar-refractivity contribution in [1.29, 1.82) is 10.9 Å². The van der Waals surface area contributed by atoms with E-state index in [-0.39, 0.29) is 32.7 Å². The lowest BCUT2D eigenvalue weighted by Crippen LogP contribution is -2.14. The molecule has 0 aliphatic rings. The van der Waals surface area contributed by atoms with Gasteiger partial charge in [-0.25, -0.2) is 5.53 Å². The highest BCUT2D eigenvalue weighted by molar-refractivity contribution is 14.0. The Labute approximate surface area is 166 Å². The highest BCUT2D eigenvalue weighted by atomic mass is 127. The second-order valence-electron chi connectivity index (χ2n) is 5.43. The average Bonchev–Trinajstić information content (AvgIpc) is 2.55. The lowest BCUT2D eigenvalue weighted by Gasteiger charge is -2.13. The highest BCUT2D eigenvalue weighted by Gasteiger charge is 2.14. The molecule has 0 saturated heterocycles. The van der Waals surface area contributed by atoms with Gasteiger partial charge in [0.25, 0.3) is 5.91 Å². The van der Waals surface area contributed by atoms with Crippen molar-refractivity contribution >= 4 is 58.3 Å². The van der Waals surface area contributed by atoms with E-state index in [1.165, 1.54) is 0 Å². The Bertz CT molecular complexity index is 844. The van der Waals surface area contributed by atoms with Crippen molar-refractivity contribution in [1.82, 2.24) is 0 Å². The van der Waals surface area contributed by atoms with Gasteiger partial charge in [-0.15, -0.1) is 24.0 Å². The van der Waals surface area contributed by atoms with Gasteiger partial charge < -0.3 is 21.8 Å². The fourth-order valence-electron chi connectivity index (χ4n) is 2.39. The third kappa shape index (κ3) is 4.53. The van der Waals surface area contributed by atoms with Gasteiger partial charge in [-0.3, -0.25) is 4.79 Å². The van der Waals surface area contributed by atoms with E-state index in [0.29, 0.717) is 39.6 Å². The van der Waals surface area contributed by atoms with E-state index in [9.17, 15) is 4.79 Å². The molecule has 0 spiro atoms. The predicted molar refractivity (Wildman–Crippen MR) is 116 cm³/mol. The minimum Gasteiger partial charge on any atom is -0.398 e. The number of benzene rings is 2. The Balaban J connectivity index is 0. The summed E-state index contributed by atoms with van der Waals surface area (Å²) in [5.41, 5.74) is 17.3. The Hall–Kier alpha value is -2.49. The van der Waals surface area contributed by atoms with Gasteiger partial charge in [0, 0.05) is 38.1 Å². The first kappa shape index (κ1) is 20.6. The van der Waals surface area contributed by atoms with E-state index >= 15 is 0 Å². The van der Waals surface area contributed by atoms with E-state index in [4.69, 9.17) is 16.7 Å². The molecule has 0 saturated carbocycles. The van der Waals surface area contributed by atoms with E-state index < -0.39 is 0 Å². The van der Waals surface area contributed by atoms with Crippen LogP contribution >= 0.6 is 24.0 Å². The molecule has 1 amide bonds. The molecule has 0 unspecified atom stereocenters. The molecule has 0 atom stereocenters. The van der Waals surface area contributed by atoms with Gasteiger partial charge in [0.15, 0.2) is 0 Å². The maximum absolute atomic E-state index is 12.5. The molecule has 0 heterocycles. The molecule has 6 N–H and O–H groups in total. The van der Waals surface area contributed by atoms with Crippen LogP contribution in [0, 0.1) is 17.9 Å². The lowest BCUT2D eigenvalue weighted by molar-refractivity contribution is 0.102. The largest absolute Gasteiger partial charge is 0.398 e. The Morgan fingerprint density at radius 1 is 1.24 bits per heavy atom. The third-order valence-electron chi connectivity index (χ3n) is 3.69. The van der Waals surface area contributed by atoms with Crippen LogP contribution < -0.4 is 16.4 Å². The minimum atomic E-state index is -0.307. The van der Waals surface area contributed by atoms with Crippen molar-refractivity contribution in [2.75, 3.05) is 23.4 Å². The van der Waals surface area contributed by atoms with Crippen LogP contribution in [-0.2, 0) is 0 Å². The van der Waals surface area contributed by atoms with Crippen molar-refractivity contribution in [3.63, 3.8) is 0 Å². The Morgan fingerprint density at radius 3 is 2.48 bits per heavy atom. The van der Waals surface area contributed by atoms with Crippen molar-refractivity contribution in [3.05, 3.63) is 47.0 Å². The van der Waals surface area contributed by atoms with Crippen molar-refractivity contribution < 1.29 is 7.65 Å². The van der Waals surface area contributed by atoms with E-state index in [0.717, 1.165) is 5.56 Å². The van der Waals surface area contributed by atoms with Crippen LogP contribution in [0.3, 0.4) is 0 Å². The molecule has 0 aliphatic heterocycles. The molecule has 0 fully saturated rings. The second-order valence-corrected chi connectivity index (χ2v) is 5.43. The topological polar surface area (TPSA) is 127 Å².